The van der Waals surface area contributed by atoms with E-state index in [4.69, 9.17) is 11.6 Å². The lowest BCUT2D eigenvalue weighted by molar-refractivity contribution is -0.385. The smallest absolute Gasteiger partial charge is 0.282 e. The highest BCUT2D eigenvalue weighted by molar-refractivity contribution is 14.1. The first kappa shape index (κ1) is 14.5. The molecule has 19 heavy (non-hydrogen) atoms. The van der Waals surface area contributed by atoms with Crippen molar-refractivity contribution in [3.8, 4) is 0 Å². The van der Waals surface area contributed by atoms with E-state index in [2.05, 4.69) is 21.2 Å². The molecule has 4 nitrogen and oxygen atoms in total. The number of nitro groups is 1. The van der Waals surface area contributed by atoms with Gasteiger partial charge in [-0.05, 0) is 52.9 Å². The predicted molar refractivity (Wildman–Crippen MR) is 88.2 cm³/mol. The van der Waals surface area contributed by atoms with Crippen molar-refractivity contribution in [3.05, 3.63) is 59.6 Å². The van der Waals surface area contributed by atoms with Gasteiger partial charge in [-0.25, -0.2) is 0 Å². The fraction of sp³-hybridized carbons (Fsp3) is 0. The monoisotopic (exact) mass is 452 g/mol. The molecule has 0 aliphatic rings. The number of nitrogens with zero attached hydrogens (tertiary/aromatic N) is 1. The Bertz CT molecular complexity index is 652. The zero-order chi connectivity index (χ0) is 14.0. The van der Waals surface area contributed by atoms with Crippen LogP contribution in [0, 0.1) is 13.7 Å². The Balaban J connectivity index is 2.29. The summed E-state index contributed by atoms with van der Waals surface area (Å²) >= 11 is 11.4. The van der Waals surface area contributed by atoms with Crippen molar-refractivity contribution in [1.82, 2.24) is 0 Å². The maximum absolute atomic E-state index is 10.7. The molecular formula is C12H7BrClIN2O2. The molecule has 2 aromatic rings. The Morgan fingerprint density at radius 1 is 1.26 bits per heavy atom. The van der Waals surface area contributed by atoms with Gasteiger partial charge in [-0.2, -0.15) is 0 Å². The van der Waals surface area contributed by atoms with Crippen LogP contribution in [-0.4, -0.2) is 4.92 Å². The van der Waals surface area contributed by atoms with Gasteiger partial charge in [-0.1, -0.05) is 27.5 Å². The maximum atomic E-state index is 10.7. The number of nitrogens with one attached hydrogen (secondary N) is 1. The van der Waals surface area contributed by atoms with Gasteiger partial charge in [-0.15, -0.1) is 0 Å². The first-order valence-electron chi connectivity index (χ1n) is 5.13. The summed E-state index contributed by atoms with van der Waals surface area (Å²) < 4.78 is 1.46. The van der Waals surface area contributed by atoms with Gasteiger partial charge in [0.1, 0.15) is 0 Å². The van der Waals surface area contributed by atoms with Crippen LogP contribution in [0.1, 0.15) is 0 Å². The Kier molecular flexibility index (Phi) is 4.64. The van der Waals surface area contributed by atoms with E-state index in [1.165, 1.54) is 6.07 Å². The summed E-state index contributed by atoms with van der Waals surface area (Å²) in [4.78, 5) is 10.3. The van der Waals surface area contributed by atoms with Crippen LogP contribution in [0.25, 0.3) is 0 Å². The SMILES string of the molecule is O=[N+]([O-])c1ccc(Nc2ccc(Br)cc2Cl)cc1I. The molecular weight excluding hydrogens is 446 g/mol. The van der Waals surface area contributed by atoms with E-state index < -0.39 is 4.92 Å². The van der Waals surface area contributed by atoms with Gasteiger partial charge in [0.25, 0.3) is 5.69 Å². The second kappa shape index (κ2) is 6.06. The number of hydrogen-bond donors (Lipinski definition) is 1. The van der Waals surface area contributed by atoms with Crippen molar-refractivity contribution in [2.24, 2.45) is 0 Å². The van der Waals surface area contributed by atoms with Crippen molar-refractivity contribution >= 4 is 67.2 Å². The van der Waals surface area contributed by atoms with Crippen LogP contribution in [0.4, 0.5) is 17.1 Å². The molecule has 0 saturated heterocycles. The summed E-state index contributed by atoms with van der Waals surface area (Å²) in [7, 11) is 0. The molecule has 0 radical (unpaired) electrons. The van der Waals surface area contributed by atoms with Crippen molar-refractivity contribution in [2.45, 2.75) is 0 Å². The van der Waals surface area contributed by atoms with Crippen LogP contribution in [0.3, 0.4) is 0 Å². The van der Waals surface area contributed by atoms with Crippen LogP contribution in [0.5, 0.6) is 0 Å². The van der Waals surface area contributed by atoms with Gasteiger partial charge >= 0.3 is 0 Å². The lowest BCUT2D eigenvalue weighted by Crippen LogP contribution is -1.95. The molecule has 2 rings (SSSR count). The molecule has 7 heteroatoms. The Hall–Kier alpha value is -0.860. The van der Waals surface area contributed by atoms with Crippen molar-refractivity contribution < 1.29 is 4.92 Å². The highest BCUT2D eigenvalue weighted by atomic mass is 127. The van der Waals surface area contributed by atoms with E-state index in [0.717, 1.165) is 15.8 Å². The van der Waals surface area contributed by atoms with Crippen LogP contribution in [-0.2, 0) is 0 Å². The highest BCUT2D eigenvalue weighted by Crippen LogP contribution is 2.30. The molecule has 0 fully saturated rings. The molecule has 1 N–H and O–H groups in total. The molecule has 0 heterocycles. The number of halogens is 3. The zero-order valence-electron chi connectivity index (χ0n) is 9.36. The number of anilines is 2. The lowest BCUT2D eigenvalue weighted by atomic mass is 10.2. The third kappa shape index (κ3) is 3.58. The Morgan fingerprint density at radius 2 is 2.00 bits per heavy atom. The molecule has 0 amide bonds. The standard InChI is InChI=1S/C12H7BrClIN2O2/c13-7-1-3-11(9(14)5-7)16-8-2-4-12(17(18)19)10(15)6-8/h1-6,16H. The van der Waals surface area contributed by atoms with Crippen LogP contribution in [0.15, 0.2) is 40.9 Å². The molecule has 0 atom stereocenters. The molecule has 0 unspecified atom stereocenters. The number of nitro benzene ring substituents is 1. The van der Waals surface area contributed by atoms with Gasteiger partial charge in [0.2, 0.25) is 0 Å². The first-order chi connectivity index (χ1) is 8.97. The van der Waals surface area contributed by atoms with Gasteiger partial charge in [0, 0.05) is 16.2 Å². The first-order valence-corrected chi connectivity index (χ1v) is 7.38. The minimum Gasteiger partial charge on any atom is -0.354 e. The third-order valence-corrected chi connectivity index (χ3v) is 4.02. The van der Waals surface area contributed by atoms with Crippen molar-refractivity contribution in [3.63, 3.8) is 0 Å². The summed E-state index contributed by atoms with van der Waals surface area (Å²) in [5.74, 6) is 0. The van der Waals surface area contributed by atoms with E-state index in [9.17, 15) is 10.1 Å². The minimum atomic E-state index is -0.405. The van der Waals surface area contributed by atoms with Crippen LogP contribution >= 0.6 is 50.1 Å². The molecule has 98 valence electrons. The highest BCUT2D eigenvalue weighted by Gasteiger charge is 2.12. The average molecular weight is 453 g/mol. The van der Waals surface area contributed by atoms with Gasteiger partial charge in [0.15, 0.2) is 0 Å². The fourth-order valence-electron chi connectivity index (χ4n) is 1.48. The maximum Gasteiger partial charge on any atom is 0.282 e. The summed E-state index contributed by atoms with van der Waals surface area (Å²) in [6.45, 7) is 0. The summed E-state index contributed by atoms with van der Waals surface area (Å²) in [5, 5.41) is 14.4. The molecule has 0 aliphatic carbocycles. The average Bonchev–Trinajstić information content (AvgIpc) is 2.32. The molecule has 2 aromatic carbocycles. The normalized spacial score (nSPS) is 10.3. The molecule has 0 spiro atoms. The van der Waals surface area contributed by atoms with Gasteiger partial charge in [0.05, 0.1) is 19.2 Å². The van der Waals surface area contributed by atoms with Gasteiger partial charge < -0.3 is 5.32 Å². The summed E-state index contributed by atoms with van der Waals surface area (Å²) in [5.41, 5.74) is 1.58. The largest absolute Gasteiger partial charge is 0.354 e. The van der Waals surface area contributed by atoms with E-state index >= 15 is 0 Å². The number of hydrogen-bond acceptors (Lipinski definition) is 3. The van der Waals surface area contributed by atoms with Gasteiger partial charge in [-0.3, -0.25) is 10.1 Å². The van der Waals surface area contributed by atoms with Crippen LogP contribution in [0.2, 0.25) is 5.02 Å². The van der Waals surface area contributed by atoms with Crippen LogP contribution < -0.4 is 5.32 Å². The van der Waals surface area contributed by atoms with E-state index in [0.29, 0.717) is 8.59 Å². The summed E-state index contributed by atoms with van der Waals surface area (Å²) in [6, 6.07) is 10.3. The van der Waals surface area contributed by atoms with E-state index in [1.54, 1.807) is 18.2 Å². The quantitative estimate of drug-likeness (QED) is 0.387. The Morgan fingerprint density at radius 3 is 2.58 bits per heavy atom. The second-order valence-corrected chi connectivity index (χ2v) is 6.16. The molecule has 0 saturated carbocycles. The predicted octanol–water partition coefficient (Wildman–Crippen LogP) is 5.36. The number of rotatable bonds is 3. The molecule has 0 aliphatic heterocycles. The Labute approximate surface area is 136 Å². The summed E-state index contributed by atoms with van der Waals surface area (Å²) in [6.07, 6.45) is 0. The second-order valence-electron chi connectivity index (χ2n) is 3.67. The fourth-order valence-corrected chi connectivity index (χ4v) is 2.91. The lowest BCUT2D eigenvalue weighted by Gasteiger charge is -2.09. The third-order valence-electron chi connectivity index (χ3n) is 2.35. The molecule has 0 aromatic heterocycles. The van der Waals surface area contributed by atoms with Crippen molar-refractivity contribution in [1.29, 1.82) is 0 Å². The van der Waals surface area contributed by atoms with Crippen molar-refractivity contribution in [2.75, 3.05) is 5.32 Å². The molecule has 0 bridgehead atoms. The topological polar surface area (TPSA) is 55.2 Å². The van der Waals surface area contributed by atoms with E-state index in [-0.39, 0.29) is 5.69 Å². The van der Waals surface area contributed by atoms with E-state index in [1.807, 2.05) is 34.7 Å². The number of benzene rings is 2. The minimum absolute atomic E-state index is 0.0908. The zero-order valence-corrected chi connectivity index (χ0v) is 13.9.